The fraction of sp³-hybridized carbons (Fsp3) is 0.286. The Kier molecular flexibility index (Phi) is 6.27. The molecule has 4 heteroatoms. The molecule has 0 bridgehead atoms. The molecule has 0 aliphatic heterocycles. The second-order valence-electron chi connectivity index (χ2n) is 6.38. The van der Waals surface area contributed by atoms with E-state index in [-0.39, 0.29) is 0 Å². The standard InChI is InChI=1S/C21H22O2S2/c1-15-3-2-4-20(15)25-19-12-10-18(11-13-19)24-17-8-5-16(6-9-17)7-14-21(22)23/h5-15,20H,2-4H2,1H3,(H,22,23)/b14-7+. The van der Waals surface area contributed by atoms with Crippen molar-refractivity contribution in [1.82, 2.24) is 0 Å². The van der Waals surface area contributed by atoms with Gasteiger partial charge in [0, 0.05) is 26.0 Å². The third kappa shape index (κ3) is 5.41. The highest BCUT2D eigenvalue weighted by atomic mass is 32.2. The Bertz CT molecular complexity index is 735. The van der Waals surface area contributed by atoms with E-state index in [0.717, 1.165) is 27.7 Å². The van der Waals surface area contributed by atoms with Crippen LogP contribution in [0.1, 0.15) is 31.7 Å². The number of thioether (sulfide) groups is 1. The zero-order valence-electron chi connectivity index (χ0n) is 14.2. The van der Waals surface area contributed by atoms with Crippen molar-refractivity contribution < 1.29 is 9.90 Å². The molecular formula is C21H22O2S2. The predicted octanol–water partition coefficient (Wildman–Crippen LogP) is 6.22. The monoisotopic (exact) mass is 370 g/mol. The summed E-state index contributed by atoms with van der Waals surface area (Å²) in [7, 11) is 0. The SMILES string of the molecule is CC1CCCC1Sc1ccc(Sc2ccc(/C=C/C(=O)O)cc2)cc1. The van der Waals surface area contributed by atoms with E-state index in [1.54, 1.807) is 17.8 Å². The molecule has 0 radical (unpaired) electrons. The van der Waals surface area contributed by atoms with Crippen LogP contribution in [0.2, 0.25) is 0 Å². The molecule has 1 fully saturated rings. The van der Waals surface area contributed by atoms with Gasteiger partial charge in [-0.25, -0.2) is 4.79 Å². The van der Waals surface area contributed by atoms with Crippen molar-refractivity contribution in [3.05, 3.63) is 60.2 Å². The lowest BCUT2D eigenvalue weighted by atomic mass is 10.1. The first-order chi connectivity index (χ1) is 12.1. The molecule has 3 rings (SSSR count). The van der Waals surface area contributed by atoms with Crippen LogP contribution in [0.15, 0.2) is 69.3 Å². The molecule has 1 saturated carbocycles. The summed E-state index contributed by atoms with van der Waals surface area (Å²) in [4.78, 5) is 14.3. The minimum atomic E-state index is -0.927. The lowest BCUT2D eigenvalue weighted by Gasteiger charge is -2.14. The van der Waals surface area contributed by atoms with Gasteiger partial charge >= 0.3 is 5.97 Å². The van der Waals surface area contributed by atoms with Crippen LogP contribution in [0.25, 0.3) is 6.08 Å². The third-order valence-corrected chi connectivity index (χ3v) is 6.99. The molecule has 130 valence electrons. The largest absolute Gasteiger partial charge is 0.478 e. The van der Waals surface area contributed by atoms with Crippen LogP contribution in [0, 0.1) is 5.92 Å². The maximum atomic E-state index is 10.5. The van der Waals surface area contributed by atoms with Crippen molar-refractivity contribution in [2.24, 2.45) is 5.92 Å². The highest BCUT2D eigenvalue weighted by Crippen LogP contribution is 2.39. The van der Waals surface area contributed by atoms with E-state index in [1.807, 2.05) is 36.0 Å². The summed E-state index contributed by atoms with van der Waals surface area (Å²) < 4.78 is 0. The number of aliphatic carboxylic acids is 1. The van der Waals surface area contributed by atoms with E-state index in [2.05, 4.69) is 31.2 Å². The van der Waals surface area contributed by atoms with Gasteiger partial charge in [0.25, 0.3) is 0 Å². The quantitative estimate of drug-likeness (QED) is 0.613. The molecule has 2 aromatic rings. The Morgan fingerprint density at radius 3 is 2.16 bits per heavy atom. The van der Waals surface area contributed by atoms with Crippen LogP contribution in [-0.4, -0.2) is 16.3 Å². The van der Waals surface area contributed by atoms with Crippen molar-refractivity contribution >= 4 is 35.6 Å². The first-order valence-electron chi connectivity index (χ1n) is 8.56. The van der Waals surface area contributed by atoms with Gasteiger partial charge in [-0.15, -0.1) is 11.8 Å². The summed E-state index contributed by atoms with van der Waals surface area (Å²) in [5.74, 6) is -0.101. The Morgan fingerprint density at radius 2 is 1.60 bits per heavy atom. The zero-order chi connectivity index (χ0) is 17.6. The molecule has 2 unspecified atom stereocenters. The Labute approximate surface area is 157 Å². The van der Waals surface area contributed by atoms with E-state index >= 15 is 0 Å². The Morgan fingerprint density at radius 1 is 1.00 bits per heavy atom. The summed E-state index contributed by atoms with van der Waals surface area (Å²) in [6.07, 6.45) is 6.83. The molecule has 1 aliphatic rings. The summed E-state index contributed by atoms with van der Waals surface area (Å²) in [5, 5.41) is 9.43. The van der Waals surface area contributed by atoms with Gasteiger partial charge in [-0.2, -0.15) is 0 Å². The molecule has 0 saturated heterocycles. The maximum absolute atomic E-state index is 10.5. The molecule has 0 amide bonds. The van der Waals surface area contributed by atoms with Gasteiger partial charge in [-0.1, -0.05) is 37.2 Å². The fourth-order valence-corrected chi connectivity index (χ4v) is 5.11. The topological polar surface area (TPSA) is 37.3 Å². The Hall–Kier alpha value is -1.65. The number of hydrogen-bond donors (Lipinski definition) is 1. The van der Waals surface area contributed by atoms with Crippen LogP contribution in [0.4, 0.5) is 0 Å². The van der Waals surface area contributed by atoms with Crippen molar-refractivity contribution in [3.63, 3.8) is 0 Å². The van der Waals surface area contributed by atoms with Crippen molar-refractivity contribution in [1.29, 1.82) is 0 Å². The van der Waals surface area contributed by atoms with E-state index in [1.165, 1.54) is 29.1 Å². The highest BCUT2D eigenvalue weighted by molar-refractivity contribution is 8.00. The molecule has 1 aliphatic carbocycles. The average Bonchev–Trinajstić information content (AvgIpc) is 3.01. The molecule has 0 heterocycles. The maximum Gasteiger partial charge on any atom is 0.328 e. The lowest BCUT2D eigenvalue weighted by Crippen LogP contribution is -2.04. The van der Waals surface area contributed by atoms with Gasteiger partial charge in [0.1, 0.15) is 0 Å². The highest BCUT2D eigenvalue weighted by Gasteiger charge is 2.23. The lowest BCUT2D eigenvalue weighted by molar-refractivity contribution is -0.131. The van der Waals surface area contributed by atoms with E-state index in [0.29, 0.717) is 0 Å². The van der Waals surface area contributed by atoms with Gasteiger partial charge in [-0.3, -0.25) is 0 Å². The second-order valence-corrected chi connectivity index (χ2v) is 8.84. The molecule has 0 aromatic heterocycles. The summed E-state index contributed by atoms with van der Waals surface area (Å²) >= 11 is 3.74. The van der Waals surface area contributed by atoms with Gasteiger partial charge in [0.05, 0.1) is 0 Å². The summed E-state index contributed by atoms with van der Waals surface area (Å²) in [5.41, 5.74) is 0.893. The number of benzene rings is 2. The number of carbonyl (C=O) groups is 1. The minimum Gasteiger partial charge on any atom is -0.478 e. The fourth-order valence-electron chi connectivity index (χ4n) is 3.00. The summed E-state index contributed by atoms with van der Waals surface area (Å²) in [6, 6.07) is 16.7. The van der Waals surface area contributed by atoms with Gasteiger partial charge in [0.2, 0.25) is 0 Å². The van der Waals surface area contributed by atoms with Crippen LogP contribution in [-0.2, 0) is 4.79 Å². The van der Waals surface area contributed by atoms with E-state index in [4.69, 9.17) is 5.11 Å². The first kappa shape index (κ1) is 18.2. The number of rotatable bonds is 6. The predicted molar refractivity (Wildman–Crippen MR) is 106 cm³/mol. The van der Waals surface area contributed by atoms with Crippen molar-refractivity contribution in [2.45, 2.75) is 46.1 Å². The molecular weight excluding hydrogens is 348 g/mol. The normalized spacial score (nSPS) is 20.2. The smallest absolute Gasteiger partial charge is 0.328 e. The summed E-state index contributed by atoms with van der Waals surface area (Å²) in [6.45, 7) is 2.37. The van der Waals surface area contributed by atoms with Crippen molar-refractivity contribution in [3.8, 4) is 0 Å². The number of carboxylic acid groups (broad SMARTS) is 1. The van der Waals surface area contributed by atoms with Crippen LogP contribution >= 0.6 is 23.5 Å². The number of hydrogen-bond acceptors (Lipinski definition) is 3. The molecule has 2 atom stereocenters. The van der Waals surface area contributed by atoms with Gasteiger partial charge < -0.3 is 5.11 Å². The van der Waals surface area contributed by atoms with Gasteiger partial charge in [-0.05, 0) is 66.8 Å². The Balaban J connectivity index is 1.58. The van der Waals surface area contributed by atoms with Gasteiger partial charge in [0.15, 0.2) is 0 Å². The first-order valence-corrected chi connectivity index (χ1v) is 10.3. The van der Waals surface area contributed by atoms with Crippen molar-refractivity contribution in [2.75, 3.05) is 0 Å². The second kappa shape index (κ2) is 8.63. The van der Waals surface area contributed by atoms with Crippen LogP contribution in [0.5, 0.6) is 0 Å². The number of carboxylic acids is 1. The van der Waals surface area contributed by atoms with E-state index < -0.39 is 5.97 Å². The third-order valence-electron chi connectivity index (χ3n) is 4.43. The zero-order valence-corrected chi connectivity index (χ0v) is 15.9. The van der Waals surface area contributed by atoms with Crippen LogP contribution < -0.4 is 0 Å². The molecule has 1 N–H and O–H groups in total. The average molecular weight is 371 g/mol. The molecule has 2 nitrogen and oxygen atoms in total. The van der Waals surface area contributed by atoms with Crippen LogP contribution in [0.3, 0.4) is 0 Å². The molecule has 0 spiro atoms. The molecule has 2 aromatic carbocycles. The van der Waals surface area contributed by atoms with E-state index in [9.17, 15) is 4.79 Å². The minimum absolute atomic E-state index is 0.768. The molecule has 25 heavy (non-hydrogen) atoms.